The summed E-state index contributed by atoms with van der Waals surface area (Å²) >= 11 is 1.70. The van der Waals surface area contributed by atoms with E-state index in [1.807, 2.05) is 0 Å². The van der Waals surface area contributed by atoms with Gasteiger partial charge in [-0.25, -0.2) is 0 Å². The molecule has 1 aromatic heterocycles. The number of amides is 1. The molecule has 0 bridgehead atoms. The van der Waals surface area contributed by atoms with Crippen molar-refractivity contribution in [1.82, 2.24) is 10.6 Å². The fourth-order valence-electron chi connectivity index (χ4n) is 1.46. The predicted molar refractivity (Wildman–Crippen MR) is 70.4 cm³/mol. The smallest absolute Gasteiger partial charge is 0.234 e. The summed E-state index contributed by atoms with van der Waals surface area (Å²) in [5, 5.41) is 10.2. The highest BCUT2D eigenvalue weighted by Gasteiger charge is 2.06. The number of ether oxygens (including phenoxy) is 1. The predicted octanol–water partition coefficient (Wildman–Crippen LogP) is 1.03. The lowest BCUT2D eigenvalue weighted by Crippen LogP contribution is -2.39. The summed E-state index contributed by atoms with van der Waals surface area (Å²) in [6, 6.07) is 2.42. The third kappa shape index (κ3) is 6.41. The fraction of sp³-hybridized carbons (Fsp3) is 0.583. The van der Waals surface area contributed by atoms with E-state index in [0.717, 1.165) is 6.42 Å². The summed E-state index contributed by atoms with van der Waals surface area (Å²) in [5.41, 5.74) is 1.31. The van der Waals surface area contributed by atoms with Crippen molar-refractivity contribution in [2.45, 2.75) is 19.4 Å². The first-order chi connectivity index (χ1) is 8.22. The largest absolute Gasteiger partial charge is 0.383 e. The van der Waals surface area contributed by atoms with Gasteiger partial charge < -0.3 is 15.4 Å². The molecule has 1 heterocycles. The molecule has 0 aliphatic heterocycles. The molecule has 0 spiro atoms. The van der Waals surface area contributed by atoms with Gasteiger partial charge >= 0.3 is 0 Å². The first-order valence-corrected chi connectivity index (χ1v) is 6.66. The van der Waals surface area contributed by atoms with Crippen LogP contribution in [0.3, 0.4) is 0 Å². The van der Waals surface area contributed by atoms with Crippen LogP contribution in [0.1, 0.15) is 12.5 Å². The van der Waals surface area contributed by atoms with Crippen molar-refractivity contribution < 1.29 is 9.53 Å². The average molecular weight is 256 g/mol. The Morgan fingerprint density at radius 3 is 3.06 bits per heavy atom. The van der Waals surface area contributed by atoms with E-state index in [9.17, 15) is 4.79 Å². The van der Waals surface area contributed by atoms with Crippen molar-refractivity contribution in [3.63, 3.8) is 0 Å². The Balaban J connectivity index is 2.10. The lowest BCUT2D eigenvalue weighted by atomic mass is 10.1. The molecule has 5 heteroatoms. The zero-order valence-corrected chi connectivity index (χ0v) is 11.2. The van der Waals surface area contributed by atoms with Gasteiger partial charge in [-0.2, -0.15) is 11.3 Å². The van der Waals surface area contributed by atoms with Gasteiger partial charge in [0.25, 0.3) is 0 Å². The van der Waals surface area contributed by atoms with Gasteiger partial charge in [0.2, 0.25) is 5.91 Å². The second-order valence-electron chi connectivity index (χ2n) is 3.96. The Bertz CT molecular complexity index is 314. The van der Waals surface area contributed by atoms with Crippen LogP contribution >= 0.6 is 11.3 Å². The third-order valence-corrected chi connectivity index (χ3v) is 3.09. The molecule has 1 aromatic rings. The number of carbonyl (C=O) groups is 1. The van der Waals surface area contributed by atoms with Crippen molar-refractivity contribution in [2.24, 2.45) is 0 Å². The van der Waals surface area contributed by atoms with E-state index in [4.69, 9.17) is 4.74 Å². The minimum atomic E-state index is 0.0132. The SMILES string of the molecule is COCCNC(=O)CNC(C)Cc1ccsc1. The summed E-state index contributed by atoms with van der Waals surface area (Å²) in [6.07, 6.45) is 0.953. The minimum Gasteiger partial charge on any atom is -0.383 e. The standard InChI is InChI=1S/C12H20N2O2S/c1-10(7-11-3-6-17-9-11)14-8-12(15)13-4-5-16-2/h3,6,9-10,14H,4-5,7-8H2,1-2H3,(H,13,15). The van der Waals surface area contributed by atoms with Gasteiger partial charge in [-0.3, -0.25) is 4.79 Å². The molecule has 0 radical (unpaired) electrons. The normalized spacial score (nSPS) is 12.4. The Hall–Kier alpha value is -0.910. The quantitative estimate of drug-likeness (QED) is 0.683. The molecule has 1 rings (SSSR count). The molecule has 0 aliphatic carbocycles. The topological polar surface area (TPSA) is 50.4 Å². The highest BCUT2D eigenvalue weighted by Crippen LogP contribution is 2.08. The fourth-order valence-corrected chi connectivity index (χ4v) is 2.14. The van der Waals surface area contributed by atoms with Gasteiger partial charge in [0.05, 0.1) is 13.2 Å². The number of thiophene rings is 1. The van der Waals surface area contributed by atoms with Crippen LogP contribution in [0.4, 0.5) is 0 Å². The molecule has 17 heavy (non-hydrogen) atoms. The molecule has 1 unspecified atom stereocenters. The second-order valence-corrected chi connectivity index (χ2v) is 4.74. The molecule has 0 saturated heterocycles. The summed E-state index contributed by atoms with van der Waals surface area (Å²) < 4.78 is 4.85. The average Bonchev–Trinajstić information content (AvgIpc) is 2.79. The van der Waals surface area contributed by atoms with Gasteiger partial charge in [0.15, 0.2) is 0 Å². The van der Waals surface area contributed by atoms with Gasteiger partial charge in [0.1, 0.15) is 0 Å². The molecule has 4 nitrogen and oxygen atoms in total. The van der Waals surface area contributed by atoms with Crippen LogP contribution in [0.2, 0.25) is 0 Å². The van der Waals surface area contributed by atoms with Crippen LogP contribution < -0.4 is 10.6 Å². The van der Waals surface area contributed by atoms with E-state index < -0.39 is 0 Å². The van der Waals surface area contributed by atoms with Gasteiger partial charge in [-0.15, -0.1) is 0 Å². The summed E-state index contributed by atoms with van der Waals surface area (Å²) in [5.74, 6) is 0.0132. The van der Waals surface area contributed by atoms with Crippen molar-refractivity contribution in [3.8, 4) is 0 Å². The second kappa shape index (κ2) is 8.22. The number of carbonyl (C=O) groups excluding carboxylic acids is 1. The Kier molecular flexibility index (Phi) is 6.84. The van der Waals surface area contributed by atoms with Crippen molar-refractivity contribution in [2.75, 3.05) is 26.8 Å². The molecule has 1 atom stereocenters. The number of rotatable bonds is 8. The zero-order chi connectivity index (χ0) is 12.5. The van der Waals surface area contributed by atoms with Crippen molar-refractivity contribution in [1.29, 1.82) is 0 Å². The van der Waals surface area contributed by atoms with E-state index in [1.165, 1.54) is 5.56 Å². The van der Waals surface area contributed by atoms with Crippen LogP contribution in [0, 0.1) is 0 Å². The maximum atomic E-state index is 11.4. The molecule has 1 amide bonds. The molecule has 2 N–H and O–H groups in total. The van der Waals surface area contributed by atoms with E-state index >= 15 is 0 Å². The third-order valence-electron chi connectivity index (χ3n) is 2.36. The van der Waals surface area contributed by atoms with Crippen LogP contribution in [0.15, 0.2) is 16.8 Å². The van der Waals surface area contributed by atoms with Crippen LogP contribution in [-0.4, -0.2) is 38.8 Å². The van der Waals surface area contributed by atoms with Crippen molar-refractivity contribution >= 4 is 17.2 Å². The monoisotopic (exact) mass is 256 g/mol. The van der Waals surface area contributed by atoms with E-state index in [0.29, 0.717) is 25.7 Å². The van der Waals surface area contributed by atoms with Gasteiger partial charge in [0, 0.05) is 19.7 Å². The van der Waals surface area contributed by atoms with E-state index in [2.05, 4.69) is 34.4 Å². The van der Waals surface area contributed by atoms with Gasteiger partial charge in [-0.05, 0) is 35.7 Å². The minimum absolute atomic E-state index is 0.0132. The Labute approximate surface area is 106 Å². The highest BCUT2D eigenvalue weighted by atomic mass is 32.1. The molecular formula is C12H20N2O2S. The van der Waals surface area contributed by atoms with Gasteiger partial charge in [-0.1, -0.05) is 0 Å². The first kappa shape index (κ1) is 14.2. The lowest BCUT2D eigenvalue weighted by Gasteiger charge is -2.12. The summed E-state index contributed by atoms with van der Waals surface area (Å²) in [4.78, 5) is 11.4. The van der Waals surface area contributed by atoms with Crippen molar-refractivity contribution in [3.05, 3.63) is 22.4 Å². The first-order valence-electron chi connectivity index (χ1n) is 5.72. The van der Waals surface area contributed by atoms with Crippen LogP contribution in [-0.2, 0) is 16.0 Å². The van der Waals surface area contributed by atoms with Crippen LogP contribution in [0.25, 0.3) is 0 Å². The van der Waals surface area contributed by atoms with Crippen LogP contribution in [0.5, 0.6) is 0 Å². The Morgan fingerprint density at radius 1 is 1.59 bits per heavy atom. The lowest BCUT2D eigenvalue weighted by molar-refractivity contribution is -0.120. The number of hydrogen-bond donors (Lipinski definition) is 2. The molecule has 96 valence electrons. The number of nitrogens with one attached hydrogen (secondary N) is 2. The molecule has 0 aromatic carbocycles. The maximum Gasteiger partial charge on any atom is 0.234 e. The summed E-state index contributed by atoms with van der Waals surface area (Å²) in [6.45, 7) is 3.56. The highest BCUT2D eigenvalue weighted by molar-refractivity contribution is 7.07. The Morgan fingerprint density at radius 2 is 2.41 bits per heavy atom. The molecule has 0 aliphatic rings. The number of hydrogen-bond acceptors (Lipinski definition) is 4. The molecular weight excluding hydrogens is 236 g/mol. The maximum absolute atomic E-state index is 11.4. The van der Waals surface area contributed by atoms with E-state index in [1.54, 1.807) is 18.4 Å². The number of methoxy groups -OCH3 is 1. The van der Waals surface area contributed by atoms with E-state index in [-0.39, 0.29) is 5.91 Å². The molecule has 0 fully saturated rings. The summed E-state index contributed by atoms with van der Waals surface area (Å²) in [7, 11) is 1.62. The molecule has 0 saturated carbocycles. The zero-order valence-electron chi connectivity index (χ0n) is 10.4.